The second-order valence-corrected chi connectivity index (χ2v) is 9.42. The van der Waals surface area contributed by atoms with Gasteiger partial charge in [0.05, 0.1) is 23.6 Å². The van der Waals surface area contributed by atoms with Crippen LogP contribution in [0.5, 0.6) is 0 Å². The summed E-state index contributed by atoms with van der Waals surface area (Å²) < 4.78 is 13.5. The maximum atomic E-state index is 13.5. The summed E-state index contributed by atoms with van der Waals surface area (Å²) in [5.41, 5.74) is 1.03. The number of benzene rings is 1. The smallest absolute Gasteiger partial charge is 0.234 e. The van der Waals surface area contributed by atoms with Crippen molar-refractivity contribution in [2.75, 3.05) is 19.6 Å². The number of imidazole rings is 1. The third-order valence-electron chi connectivity index (χ3n) is 5.48. The minimum atomic E-state index is -0.368. The Kier molecular flexibility index (Phi) is 5.10. The normalized spacial score (nSPS) is 23.5. The summed E-state index contributed by atoms with van der Waals surface area (Å²) in [5.74, 6) is 0.514. The molecule has 2 bridgehead atoms. The Morgan fingerprint density at radius 1 is 1.32 bits per heavy atom. The number of carbonyl (C=O) groups excluding carboxylic acids is 1. The third-order valence-corrected chi connectivity index (χ3v) is 5.77. The summed E-state index contributed by atoms with van der Waals surface area (Å²) in [4.78, 5) is 24.8. The Labute approximate surface area is 169 Å². The molecule has 28 heavy (non-hydrogen) atoms. The number of nitrogens with one attached hydrogen (secondary N) is 2. The van der Waals surface area contributed by atoms with E-state index in [1.807, 2.05) is 20.8 Å². The lowest BCUT2D eigenvalue weighted by atomic mass is 10.1. The Hall–Kier alpha value is -1.70. The van der Waals surface area contributed by atoms with Crippen LogP contribution in [0, 0.1) is 5.82 Å². The van der Waals surface area contributed by atoms with Crippen LogP contribution in [0.25, 0.3) is 11.0 Å². The number of hydrogen-bond donors (Lipinski definition) is 2. The third kappa shape index (κ3) is 4.16. The van der Waals surface area contributed by atoms with Gasteiger partial charge in [-0.15, -0.1) is 0 Å². The van der Waals surface area contributed by atoms with E-state index in [1.54, 1.807) is 0 Å². The van der Waals surface area contributed by atoms with Crippen LogP contribution in [0.1, 0.15) is 39.4 Å². The van der Waals surface area contributed by atoms with Crippen molar-refractivity contribution in [1.82, 2.24) is 25.1 Å². The zero-order valence-electron chi connectivity index (χ0n) is 16.6. The molecule has 2 atom stereocenters. The first-order valence-corrected chi connectivity index (χ1v) is 10.2. The van der Waals surface area contributed by atoms with Crippen molar-refractivity contribution in [3.05, 3.63) is 28.8 Å². The van der Waals surface area contributed by atoms with E-state index in [1.165, 1.54) is 12.1 Å². The van der Waals surface area contributed by atoms with Crippen LogP contribution in [0.2, 0.25) is 5.02 Å². The minimum Gasteiger partial charge on any atom is -0.350 e. The molecule has 0 spiro atoms. The SMILES string of the molecule is CC(C)(C)NC(=O)CN1C2CCC1CN(Cc1nc3c(Cl)cc(F)cc3[nH]1)C2. The van der Waals surface area contributed by atoms with E-state index in [0.717, 1.165) is 31.8 Å². The molecule has 1 amide bonds. The van der Waals surface area contributed by atoms with Crippen molar-refractivity contribution in [1.29, 1.82) is 0 Å². The largest absolute Gasteiger partial charge is 0.350 e. The molecule has 3 heterocycles. The number of likely N-dealkylation sites (tertiary alicyclic amines) is 1. The Morgan fingerprint density at radius 2 is 2.00 bits per heavy atom. The first-order chi connectivity index (χ1) is 13.2. The van der Waals surface area contributed by atoms with E-state index < -0.39 is 0 Å². The van der Waals surface area contributed by atoms with Gasteiger partial charge in [0.2, 0.25) is 5.91 Å². The van der Waals surface area contributed by atoms with Gasteiger partial charge in [-0.05, 0) is 45.7 Å². The molecule has 4 rings (SSSR count). The fourth-order valence-corrected chi connectivity index (χ4v) is 4.72. The maximum Gasteiger partial charge on any atom is 0.234 e. The number of H-pyrrole nitrogens is 1. The van der Waals surface area contributed by atoms with Gasteiger partial charge in [-0.1, -0.05) is 11.6 Å². The van der Waals surface area contributed by atoms with E-state index in [-0.39, 0.29) is 17.3 Å². The molecule has 2 aromatic rings. The quantitative estimate of drug-likeness (QED) is 0.818. The molecule has 2 unspecified atom stereocenters. The van der Waals surface area contributed by atoms with Crippen LogP contribution in [-0.2, 0) is 11.3 Å². The molecule has 2 fully saturated rings. The van der Waals surface area contributed by atoms with Crippen molar-refractivity contribution in [3.8, 4) is 0 Å². The van der Waals surface area contributed by atoms with Gasteiger partial charge in [0.25, 0.3) is 0 Å². The average Bonchev–Trinajstić information content (AvgIpc) is 3.04. The molecule has 2 aliphatic heterocycles. The lowest BCUT2D eigenvalue weighted by Gasteiger charge is -2.40. The molecule has 0 saturated carbocycles. The van der Waals surface area contributed by atoms with E-state index in [9.17, 15) is 9.18 Å². The van der Waals surface area contributed by atoms with Crippen LogP contribution in [0.15, 0.2) is 12.1 Å². The number of nitrogens with zero attached hydrogens (tertiary/aromatic N) is 3. The summed E-state index contributed by atoms with van der Waals surface area (Å²) in [6, 6.07) is 3.48. The lowest BCUT2D eigenvalue weighted by Crippen LogP contribution is -2.56. The summed E-state index contributed by atoms with van der Waals surface area (Å²) in [6.07, 6.45) is 2.22. The van der Waals surface area contributed by atoms with Crippen molar-refractivity contribution in [3.63, 3.8) is 0 Å². The van der Waals surface area contributed by atoms with Gasteiger partial charge in [-0.2, -0.15) is 0 Å². The highest BCUT2D eigenvalue weighted by Crippen LogP contribution is 2.31. The monoisotopic (exact) mass is 407 g/mol. The van der Waals surface area contributed by atoms with Gasteiger partial charge in [-0.3, -0.25) is 14.6 Å². The zero-order chi connectivity index (χ0) is 20.1. The molecule has 1 aromatic heterocycles. The predicted octanol–water partition coefficient (Wildman–Crippen LogP) is 2.92. The van der Waals surface area contributed by atoms with Crippen LogP contribution >= 0.6 is 11.6 Å². The molecule has 152 valence electrons. The van der Waals surface area contributed by atoms with E-state index in [4.69, 9.17) is 11.6 Å². The first-order valence-electron chi connectivity index (χ1n) is 9.81. The second kappa shape index (κ2) is 7.28. The molecule has 2 saturated heterocycles. The second-order valence-electron chi connectivity index (χ2n) is 9.02. The fraction of sp³-hybridized carbons (Fsp3) is 0.600. The topological polar surface area (TPSA) is 64.3 Å². The van der Waals surface area contributed by atoms with Gasteiger partial charge in [0.15, 0.2) is 0 Å². The highest BCUT2D eigenvalue weighted by atomic mass is 35.5. The van der Waals surface area contributed by atoms with Crippen molar-refractivity contribution < 1.29 is 9.18 Å². The lowest BCUT2D eigenvalue weighted by molar-refractivity contribution is -0.125. The molecule has 0 aliphatic carbocycles. The number of halogens is 2. The number of fused-ring (bicyclic) bond motifs is 3. The van der Waals surface area contributed by atoms with Gasteiger partial charge >= 0.3 is 0 Å². The van der Waals surface area contributed by atoms with Gasteiger partial charge in [-0.25, -0.2) is 9.37 Å². The minimum absolute atomic E-state index is 0.0896. The highest BCUT2D eigenvalue weighted by Gasteiger charge is 2.40. The van der Waals surface area contributed by atoms with E-state index in [2.05, 4.69) is 25.1 Å². The number of aromatic nitrogens is 2. The van der Waals surface area contributed by atoms with E-state index >= 15 is 0 Å². The number of amides is 1. The molecule has 6 nitrogen and oxygen atoms in total. The molecule has 2 N–H and O–H groups in total. The first kappa shape index (κ1) is 19.6. The maximum absolute atomic E-state index is 13.5. The molecular weight excluding hydrogens is 381 g/mol. The van der Waals surface area contributed by atoms with Crippen LogP contribution in [0.3, 0.4) is 0 Å². The average molecular weight is 408 g/mol. The summed E-state index contributed by atoms with van der Waals surface area (Å²) in [7, 11) is 0. The fourth-order valence-electron chi connectivity index (χ4n) is 4.47. The van der Waals surface area contributed by atoms with Crippen LogP contribution in [-0.4, -0.2) is 62.9 Å². The van der Waals surface area contributed by atoms with Crippen molar-refractivity contribution >= 4 is 28.5 Å². The van der Waals surface area contributed by atoms with Gasteiger partial charge < -0.3 is 10.3 Å². The number of aromatic amines is 1. The van der Waals surface area contributed by atoms with Crippen molar-refractivity contribution in [2.24, 2.45) is 0 Å². The molecule has 0 radical (unpaired) electrons. The highest BCUT2D eigenvalue weighted by molar-refractivity contribution is 6.34. The summed E-state index contributed by atoms with van der Waals surface area (Å²) >= 11 is 6.11. The number of hydrogen-bond acceptors (Lipinski definition) is 4. The Balaban J connectivity index is 1.41. The van der Waals surface area contributed by atoms with Crippen LogP contribution in [0.4, 0.5) is 4.39 Å². The van der Waals surface area contributed by atoms with Crippen LogP contribution < -0.4 is 5.32 Å². The molecule has 8 heteroatoms. The predicted molar refractivity (Wildman–Crippen MR) is 108 cm³/mol. The molecule has 2 aliphatic rings. The Bertz CT molecular complexity index is 879. The number of rotatable bonds is 4. The number of carbonyl (C=O) groups is 1. The standard InChI is InChI=1S/C20H27ClFN5O/c1-20(2,3)25-18(28)11-27-13-4-5-14(27)9-26(8-13)10-17-23-16-7-12(22)6-15(21)19(16)24-17/h6-7,13-14H,4-5,8-11H2,1-3H3,(H,23,24)(H,25,28). The molecular formula is C20H27ClFN5O. The van der Waals surface area contributed by atoms with Gasteiger partial charge in [0, 0.05) is 30.7 Å². The van der Waals surface area contributed by atoms with E-state index in [0.29, 0.717) is 41.2 Å². The Morgan fingerprint density at radius 3 is 2.64 bits per heavy atom. The summed E-state index contributed by atoms with van der Waals surface area (Å²) in [6.45, 7) is 8.94. The molecule has 1 aromatic carbocycles. The van der Waals surface area contributed by atoms with Crippen molar-refractivity contribution in [2.45, 2.75) is 57.8 Å². The summed E-state index contributed by atoms with van der Waals surface area (Å²) in [5, 5.41) is 3.38. The number of piperazine rings is 1. The zero-order valence-corrected chi connectivity index (χ0v) is 17.3. The van der Waals surface area contributed by atoms with Gasteiger partial charge in [0.1, 0.15) is 17.2 Å².